The summed E-state index contributed by atoms with van der Waals surface area (Å²) in [7, 11) is 0. The molecule has 100 valence electrons. The van der Waals surface area contributed by atoms with E-state index in [2.05, 4.69) is 10.3 Å². The quantitative estimate of drug-likeness (QED) is 0.568. The van der Waals surface area contributed by atoms with Gasteiger partial charge in [-0.1, -0.05) is 6.07 Å². The van der Waals surface area contributed by atoms with Gasteiger partial charge in [-0.25, -0.2) is 4.98 Å². The van der Waals surface area contributed by atoms with Crippen LogP contribution in [-0.4, -0.2) is 9.91 Å². The molecule has 7 heteroatoms. The number of benzene rings is 1. The van der Waals surface area contributed by atoms with Gasteiger partial charge in [-0.2, -0.15) is 0 Å². The summed E-state index contributed by atoms with van der Waals surface area (Å²) in [5, 5.41) is 18.5. The first-order valence-electron chi connectivity index (χ1n) is 5.73. The topological polar surface area (TPSA) is 68.1 Å². The molecule has 0 radical (unpaired) electrons. The van der Waals surface area contributed by atoms with Crippen molar-refractivity contribution < 1.29 is 4.92 Å². The van der Waals surface area contributed by atoms with Crippen LogP contribution in [0, 0.1) is 10.1 Å². The van der Waals surface area contributed by atoms with E-state index in [1.54, 1.807) is 23.5 Å². The van der Waals surface area contributed by atoms with Crippen LogP contribution in [0.1, 0.15) is 0 Å². The second-order valence-corrected chi connectivity index (χ2v) is 5.75. The molecule has 1 N–H and O–H groups in total. The van der Waals surface area contributed by atoms with Crippen LogP contribution in [0.15, 0.2) is 47.2 Å². The van der Waals surface area contributed by atoms with Gasteiger partial charge >= 0.3 is 0 Å². The molecule has 2 heterocycles. The summed E-state index contributed by atoms with van der Waals surface area (Å²) in [4.78, 5) is 15.8. The van der Waals surface area contributed by atoms with Crippen LogP contribution in [0.5, 0.6) is 0 Å². The molecule has 0 atom stereocenters. The van der Waals surface area contributed by atoms with E-state index in [1.165, 1.54) is 23.5 Å². The molecule has 0 saturated carbocycles. The van der Waals surface area contributed by atoms with Crippen molar-refractivity contribution >= 4 is 39.2 Å². The SMILES string of the molecule is O=[N+]([O-])c1ccc(Nc2nc(-c3cccs3)cs2)cc1. The summed E-state index contributed by atoms with van der Waals surface area (Å²) in [5.74, 6) is 0. The van der Waals surface area contributed by atoms with Gasteiger partial charge < -0.3 is 5.32 Å². The lowest BCUT2D eigenvalue weighted by Gasteiger charge is -2.01. The number of hydrogen-bond donors (Lipinski definition) is 1. The Labute approximate surface area is 122 Å². The molecule has 1 aromatic carbocycles. The van der Waals surface area contributed by atoms with Gasteiger partial charge in [-0.15, -0.1) is 22.7 Å². The molecule has 0 saturated heterocycles. The average Bonchev–Trinajstić information content (AvgIpc) is 3.09. The minimum absolute atomic E-state index is 0.0777. The first-order chi connectivity index (χ1) is 9.72. The molecule has 20 heavy (non-hydrogen) atoms. The van der Waals surface area contributed by atoms with Gasteiger partial charge in [0.2, 0.25) is 0 Å². The maximum Gasteiger partial charge on any atom is 0.269 e. The third kappa shape index (κ3) is 2.68. The Kier molecular flexibility index (Phi) is 3.44. The van der Waals surface area contributed by atoms with Crippen molar-refractivity contribution in [2.24, 2.45) is 0 Å². The van der Waals surface area contributed by atoms with E-state index in [-0.39, 0.29) is 5.69 Å². The van der Waals surface area contributed by atoms with Crippen LogP contribution < -0.4 is 5.32 Å². The minimum Gasteiger partial charge on any atom is -0.332 e. The lowest BCUT2D eigenvalue weighted by atomic mass is 10.3. The lowest BCUT2D eigenvalue weighted by molar-refractivity contribution is -0.384. The highest BCUT2D eigenvalue weighted by Gasteiger charge is 2.07. The number of thiophene rings is 1. The normalized spacial score (nSPS) is 10.4. The maximum atomic E-state index is 10.6. The zero-order valence-electron chi connectivity index (χ0n) is 10.1. The number of rotatable bonds is 4. The van der Waals surface area contributed by atoms with Crippen molar-refractivity contribution in [1.29, 1.82) is 0 Å². The Balaban J connectivity index is 1.76. The van der Waals surface area contributed by atoms with Gasteiger partial charge in [0.05, 0.1) is 15.5 Å². The fraction of sp³-hybridized carbons (Fsp3) is 0. The number of aromatic nitrogens is 1. The van der Waals surface area contributed by atoms with Crippen LogP contribution in [-0.2, 0) is 0 Å². The number of nitro benzene ring substituents is 1. The van der Waals surface area contributed by atoms with Gasteiger partial charge in [-0.3, -0.25) is 10.1 Å². The van der Waals surface area contributed by atoms with Crippen molar-refractivity contribution in [3.05, 3.63) is 57.3 Å². The van der Waals surface area contributed by atoms with Crippen molar-refractivity contribution in [3.8, 4) is 10.6 Å². The van der Waals surface area contributed by atoms with Crippen molar-refractivity contribution in [3.63, 3.8) is 0 Å². The van der Waals surface area contributed by atoms with Gasteiger partial charge in [0.25, 0.3) is 5.69 Å². The summed E-state index contributed by atoms with van der Waals surface area (Å²) in [6, 6.07) is 10.3. The third-order valence-corrected chi connectivity index (χ3v) is 4.26. The van der Waals surface area contributed by atoms with Crippen LogP contribution in [0.25, 0.3) is 10.6 Å². The second-order valence-electron chi connectivity index (χ2n) is 3.94. The van der Waals surface area contributed by atoms with Crippen LogP contribution in [0.3, 0.4) is 0 Å². The summed E-state index contributed by atoms with van der Waals surface area (Å²) >= 11 is 3.15. The molecule has 0 fully saturated rings. The zero-order valence-corrected chi connectivity index (χ0v) is 11.8. The Bertz CT molecular complexity index is 720. The largest absolute Gasteiger partial charge is 0.332 e. The number of nitrogens with one attached hydrogen (secondary N) is 1. The molecule has 5 nitrogen and oxygen atoms in total. The molecule has 3 aromatic rings. The predicted octanol–water partition coefficient (Wildman–Crippen LogP) is 4.52. The predicted molar refractivity (Wildman–Crippen MR) is 81.8 cm³/mol. The van der Waals surface area contributed by atoms with Crippen molar-refractivity contribution in [2.45, 2.75) is 0 Å². The van der Waals surface area contributed by atoms with Crippen molar-refractivity contribution in [2.75, 3.05) is 5.32 Å². The molecule has 2 aromatic heterocycles. The number of nitro groups is 1. The first kappa shape index (κ1) is 12.8. The van der Waals surface area contributed by atoms with E-state index >= 15 is 0 Å². The summed E-state index contributed by atoms with van der Waals surface area (Å²) < 4.78 is 0. The standard InChI is InChI=1S/C13H9N3O2S2/c17-16(18)10-5-3-9(4-6-10)14-13-15-11(8-20-13)12-2-1-7-19-12/h1-8H,(H,14,15). The fourth-order valence-corrected chi connectivity index (χ4v) is 3.15. The summed E-state index contributed by atoms with van der Waals surface area (Å²) in [6.45, 7) is 0. The van der Waals surface area contributed by atoms with E-state index in [0.29, 0.717) is 0 Å². The highest BCUT2D eigenvalue weighted by molar-refractivity contribution is 7.16. The molecular formula is C13H9N3O2S2. The van der Waals surface area contributed by atoms with E-state index in [9.17, 15) is 10.1 Å². The Morgan fingerprint density at radius 3 is 2.60 bits per heavy atom. The molecule has 3 rings (SSSR count). The summed E-state index contributed by atoms with van der Waals surface area (Å²) in [6.07, 6.45) is 0. The number of thiazole rings is 1. The lowest BCUT2D eigenvalue weighted by Crippen LogP contribution is -1.91. The Morgan fingerprint density at radius 1 is 1.15 bits per heavy atom. The minimum atomic E-state index is -0.415. The number of anilines is 2. The second kappa shape index (κ2) is 5.40. The molecule has 0 bridgehead atoms. The molecule has 0 aliphatic carbocycles. The van der Waals surface area contributed by atoms with E-state index in [4.69, 9.17) is 0 Å². The van der Waals surface area contributed by atoms with Crippen LogP contribution in [0.4, 0.5) is 16.5 Å². The maximum absolute atomic E-state index is 10.6. The zero-order chi connectivity index (χ0) is 13.9. The highest BCUT2D eigenvalue weighted by Crippen LogP contribution is 2.30. The van der Waals surface area contributed by atoms with Gasteiger partial charge in [-0.05, 0) is 23.6 Å². The fourth-order valence-electron chi connectivity index (χ4n) is 1.66. The molecular weight excluding hydrogens is 294 g/mol. The van der Waals surface area contributed by atoms with Crippen molar-refractivity contribution in [1.82, 2.24) is 4.98 Å². The Morgan fingerprint density at radius 2 is 1.95 bits per heavy atom. The monoisotopic (exact) mass is 303 g/mol. The van der Waals surface area contributed by atoms with Gasteiger partial charge in [0, 0.05) is 23.2 Å². The van der Waals surface area contributed by atoms with Gasteiger partial charge in [0.1, 0.15) is 0 Å². The summed E-state index contributed by atoms with van der Waals surface area (Å²) in [5.41, 5.74) is 1.80. The molecule has 0 unspecified atom stereocenters. The molecule has 0 spiro atoms. The number of non-ortho nitro benzene ring substituents is 1. The average molecular weight is 303 g/mol. The molecule has 0 amide bonds. The number of hydrogen-bond acceptors (Lipinski definition) is 6. The van der Waals surface area contributed by atoms with Crippen LogP contribution in [0.2, 0.25) is 0 Å². The first-order valence-corrected chi connectivity index (χ1v) is 7.49. The van der Waals surface area contributed by atoms with Gasteiger partial charge in [0.15, 0.2) is 5.13 Å². The molecule has 0 aliphatic heterocycles. The third-order valence-electron chi connectivity index (χ3n) is 2.61. The Hall–Kier alpha value is -2.25. The molecule has 0 aliphatic rings. The van der Waals surface area contributed by atoms with E-state index < -0.39 is 4.92 Å². The smallest absolute Gasteiger partial charge is 0.269 e. The van der Waals surface area contributed by atoms with Crippen LogP contribution >= 0.6 is 22.7 Å². The van der Waals surface area contributed by atoms with E-state index in [1.807, 2.05) is 22.9 Å². The number of nitrogens with zero attached hydrogens (tertiary/aromatic N) is 2. The highest BCUT2D eigenvalue weighted by atomic mass is 32.1. The van der Waals surface area contributed by atoms with E-state index in [0.717, 1.165) is 21.4 Å².